The number of aliphatic hydroxyl groups is 1. The van der Waals surface area contributed by atoms with Crippen LogP contribution in [0, 0.1) is 0 Å². The van der Waals surface area contributed by atoms with E-state index in [9.17, 15) is 9.90 Å². The van der Waals surface area contributed by atoms with Gasteiger partial charge in [-0.15, -0.1) is 11.3 Å². The number of aliphatic hydroxyl groups excluding tert-OH is 1. The summed E-state index contributed by atoms with van der Waals surface area (Å²) in [6.07, 6.45) is -0.623. The van der Waals surface area contributed by atoms with Gasteiger partial charge in [-0.3, -0.25) is 9.69 Å². The van der Waals surface area contributed by atoms with Crippen molar-refractivity contribution in [3.63, 3.8) is 0 Å². The van der Waals surface area contributed by atoms with Crippen molar-refractivity contribution in [2.24, 2.45) is 0 Å². The van der Waals surface area contributed by atoms with Gasteiger partial charge in [0.25, 0.3) is 0 Å². The van der Waals surface area contributed by atoms with Crippen molar-refractivity contribution >= 4 is 17.2 Å². The molecule has 2 atom stereocenters. The van der Waals surface area contributed by atoms with Crippen LogP contribution in [0.1, 0.15) is 16.5 Å². The van der Waals surface area contributed by atoms with E-state index in [2.05, 4.69) is 5.32 Å². The van der Waals surface area contributed by atoms with Crippen molar-refractivity contribution in [1.82, 2.24) is 10.2 Å². The number of piperazine rings is 1. The molecule has 2 N–H and O–H groups in total. The summed E-state index contributed by atoms with van der Waals surface area (Å²) in [5.41, 5.74) is 0.946. The quantitative estimate of drug-likeness (QED) is 0.803. The first-order chi connectivity index (χ1) is 11.7. The first-order valence-corrected chi connectivity index (χ1v) is 8.97. The molecule has 0 radical (unpaired) electrons. The number of thiophene rings is 1. The van der Waals surface area contributed by atoms with Crippen molar-refractivity contribution in [3.05, 3.63) is 58.3 Å². The second kappa shape index (κ2) is 8.39. The van der Waals surface area contributed by atoms with Gasteiger partial charge in [0.05, 0.1) is 19.3 Å². The van der Waals surface area contributed by atoms with E-state index in [0.29, 0.717) is 26.2 Å². The Morgan fingerprint density at radius 1 is 1.29 bits per heavy atom. The first kappa shape index (κ1) is 17.1. The van der Waals surface area contributed by atoms with Gasteiger partial charge < -0.3 is 15.2 Å². The SMILES string of the molecule is O=C1NCCN(C[C@H](O)COCc2cccs2)[C@@H]1c1ccccc1. The van der Waals surface area contributed by atoms with Crippen LogP contribution in [-0.2, 0) is 16.1 Å². The maximum absolute atomic E-state index is 12.3. The highest BCUT2D eigenvalue weighted by Gasteiger charge is 2.31. The molecule has 128 valence electrons. The van der Waals surface area contributed by atoms with Gasteiger partial charge in [-0.1, -0.05) is 36.4 Å². The van der Waals surface area contributed by atoms with Crippen LogP contribution < -0.4 is 5.32 Å². The Labute approximate surface area is 145 Å². The number of nitrogens with one attached hydrogen (secondary N) is 1. The van der Waals surface area contributed by atoms with Crippen molar-refractivity contribution in [2.45, 2.75) is 18.8 Å². The largest absolute Gasteiger partial charge is 0.389 e. The lowest BCUT2D eigenvalue weighted by molar-refractivity contribution is -0.130. The monoisotopic (exact) mass is 346 g/mol. The van der Waals surface area contributed by atoms with Crippen molar-refractivity contribution in [2.75, 3.05) is 26.2 Å². The maximum Gasteiger partial charge on any atom is 0.242 e. The van der Waals surface area contributed by atoms with Crippen LogP contribution in [0.15, 0.2) is 47.8 Å². The Kier molecular flexibility index (Phi) is 5.98. The summed E-state index contributed by atoms with van der Waals surface area (Å²) >= 11 is 1.64. The van der Waals surface area contributed by atoms with Crippen molar-refractivity contribution in [3.8, 4) is 0 Å². The van der Waals surface area contributed by atoms with E-state index in [1.807, 2.05) is 52.7 Å². The normalized spacial score (nSPS) is 19.9. The van der Waals surface area contributed by atoms with Crippen LogP contribution >= 0.6 is 11.3 Å². The molecular weight excluding hydrogens is 324 g/mol. The summed E-state index contributed by atoms with van der Waals surface area (Å²) in [6, 6.07) is 13.3. The summed E-state index contributed by atoms with van der Waals surface area (Å²) in [7, 11) is 0. The number of rotatable bonds is 7. The van der Waals surface area contributed by atoms with Crippen LogP contribution in [0.2, 0.25) is 0 Å². The van der Waals surface area contributed by atoms with Crippen LogP contribution in [0.5, 0.6) is 0 Å². The topological polar surface area (TPSA) is 61.8 Å². The Morgan fingerprint density at radius 2 is 2.12 bits per heavy atom. The molecule has 5 nitrogen and oxygen atoms in total. The highest BCUT2D eigenvalue weighted by Crippen LogP contribution is 2.23. The molecular formula is C18H22N2O3S. The molecule has 2 aromatic rings. The number of nitrogens with zero attached hydrogens (tertiary/aromatic N) is 1. The molecule has 6 heteroatoms. The molecule has 2 heterocycles. The van der Waals surface area contributed by atoms with E-state index in [1.165, 1.54) is 0 Å². The third kappa shape index (κ3) is 4.42. The van der Waals surface area contributed by atoms with Gasteiger partial charge in [0.15, 0.2) is 0 Å². The number of hydrogen-bond donors (Lipinski definition) is 2. The van der Waals surface area contributed by atoms with Crippen molar-refractivity contribution in [1.29, 1.82) is 0 Å². The van der Waals surface area contributed by atoms with Gasteiger partial charge in [0, 0.05) is 24.5 Å². The van der Waals surface area contributed by atoms with Gasteiger partial charge >= 0.3 is 0 Å². The van der Waals surface area contributed by atoms with Crippen LogP contribution in [-0.4, -0.2) is 48.3 Å². The zero-order valence-electron chi connectivity index (χ0n) is 13.4. The molecule has 1 aromatic heterocycles. The Hall–Kier alpha value is -1.73. The van der Waals surface area contributed by atoms with Crippen LogP contribution in [0.25, 0.3) is 0 Å². The molecule has 1 fully saturated rings. The second-order valence-electron chi connectivity index (χ2n) is 5.85. The lowest BCUT2D eigenvalue weighted by atomic mass is 10.0. The van der Waals surface area contributed by atoms with Gasteiger partial charge in [0.2, 0.25) is 5.91 Å². The van der Waals surface area contributed by atoms with Gasteiger partial charge in [-0.25, -0.2) is 0 Å². The molecule has 24 heavy (non-hydrogen) atoms. The molecule has 0 bridgehead atoms. The number of ether oxygens (including phenoxy) is 1. The summed E-state index contributed by atoms with van der Waals surface area (Å²) in [6.45, 7) is 2.50. The average Bonchev–Trinajstić information content (AvgIpc) is 3.09. The molecule has 1 aromatic carbocycles. The van der Waals surface area contributed by atoms with Crippen LogP contribution in [0.3, 0.4) is 0 Å². The molecule has 1 saturated heterocycles. The minimum Gasteiger partial charge on any atom is -0.389 e. The molecule has 0 aliphatic carbocycles. The standard InChI is InChI=1S/C18H22N2O3S/c21-15(12-23-13-16-7-4-10-24-16)11-20-9-8-19-18(22)17(20)14-5-2-1-3-6-14/h1-7,10,15,17,21H,8-9,11-13H2,(H,19,22)/t15-,17+/m0/s1. The van der Waals surface area contributed by atoms with E-state index in [-0.39, 0.29) is 18.6 Å². The maximum atomic E-state index is 12.3. The average molecular weight is 346 g/mol. The number of β-amino-alcohol motifs (C(OH)–C–C–N with tert-alkyl or cyclic N) is 1. The van der Waals surface area contributed by atoms with Crippen molar-refractivity contribution < 1.29 is 14.6 Å². The van der Waals surface area contributed by atoms with Gasteiger partial charge in [0.1, 0.15) is 6.04 Å². The van der Waals surface area contributed by atoms with E-state index in [0.717, 1.165) is 10.4 Å². The lowest BCUT2D eigenvalue weighted by Crippen LogP contribution is -2.52. The summed E-state index contributed by atoms with van der Waals surface area (Å²) in [4.78, 5) is 15.5. The zero-order chi connectivity index (χ0) is 16.8. The number of carbonyl (C=O) groups is 1. The highest BCUT2D eigenvalue weighted by atomic mass is 32.1. The second-order valence-corrected chi connectivity index (χ2v) is 6.88. The minimum absolute atomic E-state index is 0.0147. The number of hydrogen-bond acceptors (Lipinski definition) is 5. The fraction of sp³-hybridized carbons (Fsp3) is 0.389. The lowest BCUT2D eigenvalue weighted by Gasteiger charge is -2.36. The first-order valence-electron chi connectivity index (χ1n) is 8.09. The fourth-order valence-electron chi connectivity index (χ4n) is 2.92. The predicted octanol–water partition coefficient (Wildman–Crippen LogP) is 1.80. The summed E-state index contributed by atoms with van der Waals surface area (Å²) in [5, 5.41) is 15.2. The van der Waals surface area contributed by atoms with E-state index >= 15 is 0 Å². The number of carbonyl (C=O) groups excluding carboxylic acids is 1. The third-order valence-electron chi connectivity index (χ3n) is 4.01. The van der Waals surface area contributed by atoms with E-state index < -0.39 is 6.10 Å². The minimum atomic E-state index is -0.623. The Morgan fingerprint density at radius 3 is 2.88 bits per heavy atom. The van der Waals surface area contributed by atoms with Crippen LogP contribution in [0.4, 0.5) is 0 Å². The van der Waals surface area contributed by atoms with Gasteiger partial charge in [-0.05, 0) is 17.0 Å². The fourth-order valence-corrected chi connectivity index (χ4v) is 3.56. The molecule has 0 spiro atoms. The molecule has 1 aliphatic heterocycles. The molecule has 1 amide bonds. The smallest absolute Gasteiger partial charge is 0.242 e. The molecule has 3 rings (SSSR count). The van der Waals surface area contributed by atoms with E-state index in [1.54, 1.807) is 11.3 Å². The Bertz CT molecular complexity index is 633. The third-order valence-corrected chi connectivity index (χ3v) is 4.86. The number of amides is 1. The number of benzene rings is 1. The summed E-state index contributed by atoms with van der Waals surface area (Å²) in [5.74, 6) is -0.0147. The summed E-state index contributed by atoms with van der Waals surface area (Å²) < 4.78 is 5.58. The van der Waals surface area contributed by atoms with E-state index in [4.69, 9.17) is 4.74 Å². The van der Waals surface area contributed by atoms with Gasteiger partial charge in [-0.2, -0.15) is 0 Å². The zero-order valence-corrected chi connectivity index (χ0v) is 14.2. The molecule has 0 unspecified atom stereocenters. The molecule has 0 saturated carbocycles. The predicted molar refractivity (Wildman–Crippen MR) is 93.7 cm³/mol. The highest BCUT2D eigenvalue weighted by molar-refractivity contribution is 7.09. The Balaban J connectivity index is 1.56. The molecule has 1 aliphatic rings.